The minimum Gasteiger partial charge on any atom is -0.465 e. The highest BCUT2D eigenvalue weighted by atomic mass is 35.5. The monoisotopic (exact) mass is 504 g/mol. The van der Waals surface area contributed by atoms with E-state index in [0.717, 1.165) is 17.0 Å². The first-order chi connectivity index (χ1) is 16.5. The summed E-state index contributed by atoms with van der Waals surface area (Å²) in [5.41, 5.74) is 0.650. The first-order valence-electron chi connectivity index (χ1n) is 9.91. The van der Waals surface area contributed by atoms with Crippen molar-refractivity contribution in [3.8, 4) is 5.69 Å². The van der Waals surface area contributed by atoms with Gasteiger partial charge in [-0.25, -0.2) is 9.59 Å². The quantitative estimate of drug-likeness (QED) is 0.181. The van der Waals surface area contributed by atoms with Gasteiger partial charge in [-0.15, -0.1) is 0 Å². The molecule has 0 aliphatic heterocycles. The molecule has 3 aromatic carbocycles. The Hall–Kier alpha value is -4.22. The lowest BCUT2D eigenvalue weighted by Gasteiger charge is -2.17. The number of nitrogens with one attached hydrogen (secondary N) is 2. The molecule has 4 rings (SSSR count). The molecule has 180 valence electrons. The number of nitrogens with zero attached hydrogens (tertiary/aromatic N) is 2. The predicted molar refractivity (Wildman–Crippen MR) is 125 cm³/mol. The Labute approximate surface area is 200 Å². The predicted octanol–water partition coefficient (Wildman–Crippen LogP) is 6.82. The van der Waals surface area contributed by atoms with E-state index in [-0.39, 0.29) is 16.4 Å². The molecule has 0 atom stereocenters. The molecule has 0 aliphatic rings. The fourth-order valence-corrected chi connectivity index (χ4v) is 3.66. The van der Waals surface area contributed by atoms with Crippen molar-refractivity contribution in [1.29, 1.82) is 0 Å². The third-order valence-corrected chi connectivity index (χ3v) is 5.36. The van der Waals surface area contributed by atoms with Crippen molar-refractivity contribution in [2.75, 3.05) is 15.7 Å². The van der Waals surface area contributed by atoms with Crippen molar-refractivity contribution < 1.29 is 33.1 Å². The summed E-state index contributed by atoms with van der Waals surface area (Å²) < 4.78 is 40.9. The van der Waals surface area contributed by atoms with E-state index in [1.807, 2.05) is 4.57 Å². The maximum atomic E-state index is 13.0. The van der Waals surface area contributed by atoms with Gasteiger partial charge in [-0.05, 0) is 66.7 Å². The number of fused-ring (bicyclic) bond motifs is 1. The highest BCUT2D eigenvalue weighted by Crippen LogP contribution is 2.36. The van der Waals surface area contributed by atoms with Crippen LogP contribution in [0.1, 0.15) is 5.56 Å². The number of carbonyl (C=O) groups is 2. The van der Waals surface area contributed by atoms with Gasteiger partial charge in [0.1, 0.15) is 0 Å². The maximum Gasteiger partial charge on any atom is 0.417 e. The lowest BCUT2D eigenvalue weighted by Crippen LogP contribution is -2.31. The van der Waals surface area contributed by atoms with Crippen LogP contribution < -0.4 is 15.7 Å². The maximum absolute atomic E-state index is 13.0. The van der Waals surface area contributed by atoms with E-state index in [9.17, 15) is 28.0 Å². The van der Waals surface area contributed by atoms with Crippen molar-refractivity contribution in [2.24, 2.45) is 0 Å². The molecule has 4 N–H and O–H groups in total. The average Bonchev–Trinajstić information content (AvgIpc) is 3.22. The lowest BCUT2D eigenvalue weighted by molar-refractivity contribution is -0.137. The zero-order valence-electron chi connectivity index (χ0n) is 17.5. The number of aromatic nitrogens is 1. The van der Waals surface area contributed by atoms with Gasteiger partial charge in [0.05, 0.1) is 21.8 Å². The minimum absolute atomic E-state index is 0.0701. The van der Waals surface area contributed by atoms with E-state index in [2.05, 4.69) is 10.6 Å². The summed E-state index contributed by atoms with van der Waals surface area (Å²) in [7, 11) is 0. The van der Waals surface area contributed by atoms with Gasteiger partial charge >= 0.3 is 18.3 Å². The lowest BCUT2D eigenvalue weighted by atomic mass is 10.2. The zero-order valence-corrected chi connectivity index (χ0v) is 18.3. The van der Waals surface area contributed by atoms with Gasteiger partial charge in [0.2, 0.25) is 0 Å². The molecule has 1 heterocycles. The molecule has 0 radical (unpaired) electrons. The number of carboxylic acid groups (broad SMARTS) is 1. The van der Waals surface area contributed by atoms with Gasteiger partial charge in [-0.1, -0.05) is 11.6 Å². The molecular weight excluding hydrogens is 489 g/mol. The molecule has 4 aromatic rings. The van der Waals surface area contributed by atoms with Crippen LogP contribution in [-0.2, 0) is 6.18 Å². The summed E-state index contributed by atoms with van der Waals surface area (Å²) in [5, 5.41) is 24.1. The molecule has 0 saturated carbocycles. The largest absolute Gasteiger partial charge is 0.465 e. The smallest absolute Gasteiger partial charge is 0.417 e. The first-order valence-corrected chi connectivity index (χ1v) is 10.3. The van der Waals surface area contributed by atoms with Crippen LogP contribution in [0.15, 0.2) is 72.9 Å². The second kappa shape index (κ2) is 9.20. The summed E-state index contributed by atoms with van der Waals surface area (Å²) in [6.45, 7) is 0. The van der Waals surface area contributed by atoms with Crippen molar-refractivity contribution in [3.05, 3.63) is 83.5 Å². The van der Waals surface area contributed by atoms with E-state index in [1.165, 1.54) is 18.2 Å². The van der Waals surface area contributed by atoms with E-state index in [0.29, 0.717) is 17.4 Å². The number of urea groups is 1. The second-order valence-electron chi connectivity index (χ2n) is 7.34. The topological polar surface area (TPSA) is 107 Å². The molecule has 0 saturated heterocycles. The molecule has 0 aliphatic carbocycles. The molecule has 1 aromatic heterocycles. The molecule has 0 spiro atoms. The summed E-state index contributed by atoms with van der Waals surface area (Å²) in [6, 6.07) is 14.7. The fraction of sp³-hybridized carbons (Fsp3) is 0.0435. The Bertz CT molecular complexity index is 1420. The van der Waals surface area contributed by atoms with Crippen LogP contribution in [0.4, 0.5) is 39.8 Å². The van der Waals surface area contributed by atoms with Crippen molar-refractivity contribution in [3.63, 3.8) is 0 Å². The molecule has 8 nitrogen and oxygen atoms in total. The summed E-state index contributed by atoms with van der Waals surface area (Å²) >= 11 is 5.58. The second-order valence-corrected chi connectivity index (χ2v) is 7.75. The fourth-order valence-electron chi connectivity index (χ4n) is 3.44. The molecule has 35 heavy (non-hydrogen) atoms. The van der Waals surface area contributed by atoms with Crippen LogP contribution in [-0.4, -0.2) is 27.0 Å². The van der Waals surface area contributed by atoms with Gasteiger partial charge in [0.15, 0.2) is 0 Å². The third-order valence-electron chi connectivity index (χ3n) is 5.03. The summed E-state index contributed by atoms with van der Waals surface area (Å²) in [4.78, 5) is 23.2. The Morgan fingerprint density at radius 2 is 1.57 bits per heavy atom. The number of hydroxylamine groups is 1. The highest BCUT2D eigenvalue weighted by molar-refractivity contribution is 6.31. The molecule has 0 bridgehead atoms. The first kappa shape index (κ1) is 23.9. The molecular formula is C23H16ClF3N4O4. The Morgan fingerprint density at radius 1 is 0.914 bits per heavy atom. The number of amides is 3. The number of benzene rings is 3. The van der Waals surface area contributed by atoms with Gasteiger partial charge < -0.3 is 15.0 Å². The van der Waals surface area contributed by atoms with Gasteiger partial charge in [0.25, 0.3) is 0 Å². The van der Waals surface area contributed by atoms with Crippen molar-refractivity contribution in [2.45, 2.75) is 6.18 Å². The Balaban J connectivity index is 1.51. The van der Waals surface area contributed by atoms with Gasteiger partial charge in [-0.2, -0.15) is 18.2 Å². The standard InChI is InChI=1S/C23H16ClF3N4O4/c24-19-7-1-15(12-18(19)23(25,26)27)28-21(32)31(35)17-5-3-16(4-6-17)30-10-9-13-11-14(29-22(33)34)2-8-20(13)30/h1-12,29,35H,(H,28,32)(H,33,34). The molecule has 0 fully saturated rings. The minimum atomic E-state index is -4.70. The number of alkyl halides is 3. The zero-order chi connectivity index (χ0) is 25.3. The van der Waals surface area contributed by atoms with Crippen LogP contribution in [0.25, 0.3) is 16.6 Å². The van der Waals surface area contributed by atoms with Gasteiger partial charge in [-0.3, -0.25) is 10.5 Å². The molecule has 12 heteroatoms. The molecule has 3 amide bonds. The Morgan fingerprint density at radius 3 is 2.23 bits per heavy atom. The van der Waals surface area contributed by atoms with E-state index in [1.54, 1.807) is 42.6 Å². The van der Waals surface area contributed by atoms with Crippen LogP contribution in [0.3, 0.4) is 0 Å². The van der Waals surface area contributed by atoms with Gasteiger partial charge in [0, 0.05) is 28.6 Å². The van der Waals surface area contributed by atoms with E-state index in [4.69, 9.17) is 16.7 Å². The van der Waals surface area contributed by atoms with Crippen LogP contribution in [0.5, 0.6) is 0 Å². The normalized spacial score (nSPS) is 11.3. The van der Waals surface area contributed by atoms with Crippen LogP contribution >= 0.6 is 11.6 Å². The van der Waals surface area contributed by atoms with Crippen LogP contribution in [0.2, 0.25) is 5.02 Å². The van der Waals surface area contributed by atoms with Crippen LogP contribution in [0, 0.1) is 0 Å². The highest BCUT2D eigenvalue weighted by Gasteiger charge is 2.33. The number of halogens is 4. The van der Waals surface area contributed by atoms with Crippen molar-refractivity contribution in [1.82, 2.24) is 4.57 Å². The molecule has 0 unspecified atom stereocenters. The summed E-state index contributed by atoms with van der Waals surface area (Å²) in [5.74, 6) is 0. The number of rotatable bonds is 4. The number of anilines is 3. The number of carbonyl (C=O) groups excluding carboxylic acids is 1. The number of hydrogen-bond donors (Lipinski definition) is 4. The average molecular weight is 505 g/mol. The van der Waals surface area contributed by atoms with E-state index < -0.39 is 28.9 Å². The number of hydrogen-bond acceptors (Lipinski definition) is 3. The SMILES string of the molecule is O=C(O)Nc1ccc2c(ccn2-c2ccc(N(O)C(=O)Nc3ccc(Cl)c(C(F)(F)F)c3)cc2)c1. The van der Waals surface area contributed by atoms with E-state index >= 15 is 0 Å². The Kier molecular flexibility index (Phi) is 6.29. The summed E-state index contributed by atoms with van der Waals surface area (Å²) in [6.07, 6.45) is -4.11. The third kappa shape index (κ3) is 5.15. The van der Waals surface area contributed by atoms with Crippen molar-refractivity contribution >= 4 is 51.7 Å².